The van der Waals surface area contributed by atoms with Crippen LogP contribution in [0.2, 0.25) is 0 Å². The van der Waals surface area contributed by atoms with E-state index in [1.165, 1.54) is 5.69 Å². The van der Waals surface area contributed by atoms with Gasteiger partial charge in [0.05, 0.1) is 18.3 Å². The molecule has 0 aliphatic rings. The number of nitrogens with one attached hydrogen (secondary N) is 1. The summed E-state index contributed by atoms with van der Waals surface area (Å²) < 4.78 is 4.07. The van der Waals surface area contributed by atoms with Crippen molar-refractivity contribution in [3.05, 3.63) is 36.9 Å². The molecule has 2 rings (SSSR count). The summed E-state index contributed by atoms with van der Waals surface area (Å²) in [7, 11) is 2.00. The van der Waals surface area contributed by atoms with E-state index in [0.29, 0.717) is 0 Å². The van der Waals surface area contributed by atoms with Crippen LogP contribution in [-0.4, -0.2) is 25.6 Å². The van der Waals surface area contributed by atoms with Gasteiger partial charge in [0.2, 0.25) is 0 Å². The van der Waals surface area contributed by atoms with Crippen molar-refractivity contribution in [2.75, 3.05) is 6.54 Å². The molecule has 80 valence electrons. The minimum Gasteiger partial charge on any atom is -0.337 e. The van der Waals surface area contributed by atoms with Crippen molar-refractivity contribution in [2.24, 2.45) is 7.05 Å². The molecule has 1 N–H and O–H groups in total. The molecular formula is C10H15N5. The number of imidazole rings is 2. The molecule has 0 radical (unpaired) electrons. The third-order valence-electron chi connectivity index (χ3n) is 2.33. The van der Waals surface area contributed by atoms with Crippen molar-refractivity contribution in [1.29, 1.82) is 0 Å². The fraction of sp³-hybridized carbons (Fsp3) is 0.400. The summed E-state index contributed by atoms with van der Waals surface area (Å²) in [5.41, 5.74) is 1.20. The zero-order chi connectivity index (χ0) is 10.5. The molecule has 0 spiro atoms. The molecule has 0 bridgehead atoms. The molecule has 0 fully saturated rings. The van der Waals surface area contributed by atoms with E-state index in [9.17, 15) is 0 Å². The van der Waals surface area contributed by atoms with E-state index in [-0.39, 0.29) is 0 Å². The smallest absolute Gasteiger partial charge is 0.0946 e. The van der Waals surface area contributed by atoms with Gasteiger partial charge >= 0.3 is 0 Å². The van der Waals surface area contributed by atoms with Gasteiger partial charge in [0, 0.05) is 45.3 Å². The van der Waals surface area contributed by atoms with Crippen LogP contribution >= 0.6 is 0 Å². The maximum Gasteiger partial charge on any atom is 0.0946 e. The van der Waals surface area contributed by atoms with Crippen LogP contribution in [0.25, 0.3) is 0 Å². The van der Waals surface area contributed by atoms with Gasteiger partial charge in [0.1, 0.15) is 0 Å². The second-order valence-electron chi connectivity index (χ2n) is 3.47. The second-order valence-corrected chi connectivity index (χ2v) is 3.47. The normalized spacial score (nSPS) is 10.7. The first kappa shape index (κ1) is 9.92. The number of rotatable bonds is 5. The summed E-state index contributed by atoms with van der Waals surface area (Å²) in [5.74, 6) is 0. The molecule has 0 atom stereocenters. The predicted octanol–water partition coefficient (Wildman–Crippen LogP) is 0.406. The summed E-state index contributed by atoms with van der Waals surface area (Å²) in [6.45, 7) is 2.73. The van der Waals surface area contributed by atoms with Crippen molar-refractivity contribution < 1.29 is 0 Å². The van der Waals surface area contributed by atoms with Crippen LogP contribution in [0.5, 0.6) is 0 Å². The van der Waals surface area contributed by atoms with Gasteiger partial charge in [0.25, 0.3) is 0 Å². The van der Waals surface area contributed by atoms with Gasteiger partial charge in [-0.1, -0.05) is 0 Å². The number of hydrogen-bond donors (Lipinski definition) is 1. The van der Waals surface area contributed by atoms with Gasteiger partial charge in [-0.25, -0.2) is 9.97 Å². The van der Waals surface area contributed by atoms with E-state index < -0.39 is 0 Å². The topological polar surface area (TPSA) is 47.7 Å². The van der Waals surface area contributed by atoms with Crippen molar-refractivity contribution >= 4 is 0 Å². The summed E-state index contributed by atoms with van der Waals surface area (Å²) in [6.07, 6.45) is 9.27. The molecule has 5 nitrogen and oxygen atoms in total. The van der Waals surface area contributed by atoms with Gasteiger partial charge in [-0.2, -0.15) is 0 Å². The highest BCUT2D eigenvalue weighted by Crippen LogP contribution is 1.94. The zero-order valence-corrected chi connectivity index (χ0v) is 8.80. The Morgan fingerprint density at radius 1 is 1.33 bits per heavy atom. The fourth-order valence-electron chi connectivity index (χ4n) is 1.40. The molecule has 15 heavy (non-hydrogen) atoms. The third-order valence-corrected chi connectivity index (χ3v) is 2.33. The van der Waals surface area contributed by atoms with Gasteiger partial charge in [-0.3, -0.25) is 0 Å². The average molecular weight is 205 g/mol. The molecule has 0 unspecified atom stereocenters. The lowest BCUT2D eigenvalue weighted by molar-refractivity contribution is 0.584. The van der Waals surface area contributed by atoms with E-state index in [0.717, 1.165) is 19.6 Å². The van der Waals surface area contributed by atoms with E-state index >= 15 is 0 Å². The van der Waals surface area contributed by atoms with Crippen molar-refractivity contribution in [2.45, 2.75) is 13.1 Å². The molecule has 0 aliphatic heterocycles. The predicted molar refractivity (Wildman–Crippen MR) is 57.1 cm³/mol. The Morgan fingerprint density at radius 3 is 2.93 bits per heavy atom. The Balaban J connectivity index is 1.70. The standard InChI is InChI=1S/C10H15N5/c1-14-8-13-7-10(14)6-11-2-4-15-5-3-12-9-15/h3,5,7-9,11H,2,4,6H2,1H3. The minimum atomic E-state index is 0.852. The van der Waals surface area contributed by atoms with Crippen LogP contribution in [-0.2, 0) is 20.1 Å². The van der Waals surface area contributed by atoms with Gasteiger partial charge in [-0.05, 0) is 0 Å². The quantitative estimate of drug-likeness (QED) is 0.719. The average Bonchev–Trinajstić information content (AvgIpc) is 2.85. The van der Waals surface area contributed by atoms with Crippen LogP contribution < -0.4 is 5.32 Å². The van der Waals surface area contributed by atoms with Crippen LogP contribution in [0.3, 0.4) is 0 Å². The largest absolute Gasteiger partial charge is 0.337 e. The van der Waals surface area contributed by atoms with E-state index in [1.807, 2.05) is 36.7 Å². The van der Waals surface area contributed by atoms with Crippen LogP contribution in [0.15, 0.2) is 31.2 Å². The van der Waals surface area contributed by atoms with Crippen molar-refractivity contribution in [3.8, 4) is 0 Å². The zero-order valence-electron chi connectivity index (χ0n) is 8.80. The van der Waals surface area contributed by atoms with Crippen molar-refractivity contribution in [3.63, 3.8) is 0 Å². The molecule has 0 saturated carbocycles. The molecule has 2 aromatic rings. The Labute approximate surface area is 88.8 Å². The molecular weight excluding hydrogens is 190 g/mol. The Hall–Kier alpha value is -1.62. The summed E-state index contributed by atoms with van der Waals surface area (Å²) in [5, 5.41) is 3.36. The molecule has 5 heteroatoms. The van der Waals surface area contributed by atoms with Gasteiger partial charge < -0.3 is 14.5 Å². The Kier molecular flexibility index (Phi) is 3.14. The maximum atomic E-state index is 4.06. The first-order valence-electron chi connectivity index (χ1n) is 4.98. The Morgan fingerprint density at radius 2 is 2.27 bits per heavy atom. The summed E-state index contributed by atoms with van der Waals surface area (Å²) in [6, 6.07) is 0. The number of nitrogens with zero attached hydrogens (tertiary/aromatic N) is 4. The minimum absolute atomic E-state index is 0.852. The SMILES string of the molecule is Cn1cncc1CNCCn1ccnc1. The molecule has 0 aromatic carbocycles. The lowest BCUT2D eigenvalue weighted by Crippen LogP contribution is -2.20. The van der Waals surface area contributed by atoms with Crippen molar-refractivity contribution in [1.82, 2.24) is 24.4 Å². The number of hydrogen-bond acceptors (Lipinski definition) is 3. The molecule has 0 amide bonds. The number of aromatic nitrogens is 4. The van der Waals surface area contributed by atoms with Crippen LogP contribution in [0.1, 0.15) is 5.69 Å². The first-order valence-corrected chi connectivity index (χ1v) is 4.98. The summed E-state index contributed by atoms with van der Waals surface area (Å²) >= 11 is 0. The highest BCUT2D eigenvalue weighted by molar-refractivity contribution is 4.96. The first-order chi connectivity index (χ1) is 7.36. The molecule has 2 aromatic heterocycles. The second kappa shape index (κ2) is 4.75. The summed E-state index contributed by atoms with van der Waals surface area (Å²) in [4.78, 5) is 8.04. The maximum absolute atomic E-state index is 4.06. The lowest BCUT2D eigenvalue weighted by Gasteiger charge is -2.05. The fourth-order valence-corrected chi connectivity index (χ4v) is 1.40. The van der Waals surface area contributed by atoms with E-state index in [1.54, 1.807) is 6.20 Å². The monoisotopic (exact) mass is 205 g/mol. The highest BCUT2D eigenvalue weighted by atomic mass is 15.1. The number of aryl methyl sites for hydroxylation is 1. The lowest BCUT2D eigenvalue weighted by atomic mass is 10.4. The Bertz CT molecular complexity index is 390. The van der Waals surface area contributed by atoms with E-state index in [2.05, 4.69) is 19.9 Å². The van der Waals surface area contributed by atoms with E-state index in [4.69, 9.17) is 0 Å². The molecule has 0 aliphatic carbocycles. The van der Waals surface area contributed by atoms with Gasteiger partial charge in [0.15, 0.2) is 0 Å². The molecule has 2 heterocycles. The third kappa shape index (κ3) is 2.66. The highest BCUT2D eigenvalue weighted by Gasteiger charge is 1.96. The van der Waals surface area contributed by atoms with Crippen LogP contribution in [0, 0.1) is 0 Å². The molecule has 0 saturated heterocycles. The van der Waals surface area contributed by atoms with Crippen LogP contribution in [0.4, 0.5) is 0 Å². The van der Waals surface area contributed by atoms with Gasteiger partial charge in [-0.15, -0.1) is 0 Å².